The van der Waals surface area contributed by atoms with Gasteiger partial charge in [-0.3, -0.25) is 9.88 Å². The monoisotopic (exact) mass is 328 g/mol. The van der Waals surface area contributed by atoms with Crippen molar-refractivity contribution < 1.29 is 4.74 Å². The second-order valence-electron chi connectivity index (χ2n) is 6.02. The van der Waals surface area contributed by atoms with Crippen LogP contribution in [0.25, 0.3) is 0 Å². The first-order chi connectivity index (χ1) is 11.3. The number of hydrogen-bond donors (Lipinski definition) is 0. The maximum Gasteiger partial charge on any atom is 0.0736 e. The van der Waals surface area contributed by atoms with Gasteiger partial charge >= 0.3 is 0 Å². The van der Waals surface area contributed by atoms with E-state index >= 15 is 0 Å². The van der Waals surface area contributed by atoms with Gasteiger partial charge in [0.1, 0.15) is 0 Å². The lowest BCUT2D eigenvalue weighted by Crippen LogP contribution is -2.39. The molecule has 0 N–H and O–H groups in total. The van der Waals surface area contributed by atoms with Crippen molar-refractivity contribution >= 4 is 11.8 Å². The summed E-state index contributed by atoms with van der Waals surface area (Å²) in [7, 11) is 0. The molecule has 1 aromatic carbocycles. The molecule has 1 aliphatic rings. The van der Waals surface area contributed by atoms with Crippen LogP contribution in [0.5, 0.6) is 0 Å². The van der Waals surface area contributed by atoms with Gasteiger partial charge in [-0.25, -0.2) is 0 Å². The van der Waals surface area contributed by atoms with Gasteiger partial charge in [-0.2, -0.15) is 0 Å². The third-order valence-corrected chi connectivity index (χ3v) is 4.98. The van der Waals surface area contributed by atoms with Gasteiger partial charge in [-0.15, -0.1) is 11.8 Å². The predicted molar refractivity (Wildman–Crippen MR) is 95.5 cm³/mol. The third kappa shape index (κ3) is 5.06. The fourth-order valence-electron chi connectivity index (χ4n) is 2.98. The number of piperidine rings is 1. The molecule has 1 saturated heterocycles. The topological polar surface area (TPSA) is 25.4 Å². The van der Waals surface area contributed by atoms with Crippen LogP contribution in [0.2, 0.25) is 0 Å². The van der Waals surface area contributed by atoms with Crippen molar-refractivity contribution in [1.29, 1.82) is 0 Å². The Labute approximate surface area is 143 Å². The van der Waals surface area contributed by atoms with Gasteiger partial charge in [0.25, 0.3) is 0 Å². The van der Waals surface area contributed by atoms with Gasteiger partial charge in [-0.05, 0) is 55.0 Å². The van der Waals surface area contributed by atoms with E-state index in [9.17, 15) is 0 Å². The number of thioether (sulfide) groups is 1. The molecule has 122 valence electrons. The number of rotatable bonds is 6. The summed E-state index contributed by atoms with van der Waals surface area (Å²) in [4.78, 5) is 7.97. The summed E-state index contributed by atoms with van der Waals surface area (Å²) < 4.78 is 6.09. The van der Waals surface area contributed by atoms with Crippen molar-refractivity contribution in [2.75, 3.05) is 19.3 Å². The smallest absolute Gasteiger partial charge is 0.0736 e. The standard InChI is InChI=1S/C19H24N2OS/c1-23-19-8-6-16(7-9-19)13-21-11-3-5-18(14-21)22-15-17-4-2-10-20-12-17/h2,4,6-10,12,18H,3,5,11,13-15H2,1H3/t18-/m1/s1. The van der Waals surface area contributed by atoms with Gasteiger partial charge in [0.2, 0.25) is 0 Å². The Morgan fingerprint density at radius 3 is 2.83 bits per heavy atom. The van der Waals surface area contributed by atoms with E-state index in [-0.39, 0.29) is 0 Å². The predicted octanol–water partition coefficient (Wildman–Crippen LogP) is 3.98. The Morgan fingerprint density at radius 1 is 1.22 bits per heavy atom. The Kier molecular flexibility index (Phi) is 6.08. The number of likely N-dealkylation sites (tertiary alicyclic amines) is 1. The zero-order valence-electron chi connectivity index (χ0n) is 13.6. The maximum absolute atomic E-state index is 6.09. The molecule has 1 atom stereocenters. The molecule has 0 amide bonds. The minimum atomic E-state index is 0.328. The van der Waals surface area contributed by atoms with Gasteiger partial charge in [-0.1, -0.05) is 18.2 Å². The summed E-state index contributed by atoms with van der Waals surface area (Å²) in [6, 6.07) is 12.9. The van der Waals surface area contributed by atoms with E-state index in [0.29, 0.717) is 12.7 Å². The van der Waals surface area contributed by atoms with Crippen molar-refractivity contribution in [3.63, 3.8) is 0 Å². The molecule has 3 rings (SSSR count). The van der Waals surface area contributed by atoms with E-state index in [4.69, 9.17) is 4.74 Å². The molecule has 4 heteroatoms. The van der Waals surface area contributed by atoms with Crippen molar-refractivity contribution in [1.82, 2.24) is 9.88 Å². The van der Waals surface area contributed by atoms with E-state index in [1.807, 2.05) is 12.3 Å². The van der Waals surface area contributed by atoms with E-state index < -0.39 is 0 Å². The molecule has 1 fully saturated rings. The number of ether oxygens (including phenoxy) is 1. The molecule has 23 heavy (non-hydrogen) atoms. The van der Waals surface area contributed by atoms with Crippen LogP contribution in [0, 0.1) is 0 Å². The summed E-state index contributed by atoms with van der Waals surface area (Å²) in [6.07, 6.45) is 8.49. The maximum atomic E-state index is 6.09. The first-order valence-electron chi connectivity index (χ1n) is 8.19. The molecule has 0 spiro atoms. The van der Waals surface area contributed by atoms with E-state index in [1.54, 1.807) is 18.0 Å². The second-order valence-corrected chi connectivity index (χ2v) is 6.90. The molecular formula is C19H24N2OS. The highest BCUT2D eigenvalue weighted by atomic mass is 32.2. The number of pyridine rings is 1. The van der Waals surface area contributed by atoms with Crippen molar-refractivity contribution in [3.05, 3.63) is 59.9 Å². The SMILES string of the molecule is CSc1ccc(CN2CCC[C@@H](OCc3cccnc3)C2)cc1. The molecule has 0 bridgehead atoms. The first-order valence-corrected chi connectivity index (χ1v) is 9.42. The lowest BCUT2D eigenvalue weighted by molar-refractivity contribution is -0.0121. The lowest BCUT2D eigenvalue weighted by Gasteiger charge is -2.32. The van der Waals surface area contributed by atoms with E-state index in [0.717, 1.165) is 31.6 Å². The molecule has 0 saturated carbocycles. The number of hydrogen-bond acceptors (Lipinski definition) is 4. The quantitative estimate of drug-likeness (QED) is 0.749. The summed E-state index contributed by atoms with van der Waals surface area (Å²) in [5.74, 6) is 0. The van der Waals surface area contributed by atoms with E-state index in [1.165, 1.54) is 16.9 Å². The van der Waals surface area contributed by atoms with Crippen molar-refractivity contribution in [2.45, 2.75) is 37.0 Å². The van der Waals surface area contributed by atoms with Gasteiger partial charge in [0.15, 0.2) is 0 Å². The Bertz CT molecular complexity index is 588. The van der Waals surface area contributed by atoms with Gasteiger partial charge < -0.3 is 4.74 Å². The molecule has 0 unspecified atom stereocenters. The lowest BCUT2D eigenvalue weighted by atomic mass is 10.1. The molecule has 1 aliphatic heterocycles. The molecule has 3 nitrogen and oxygen atoms in total. The normalized spacial score (nSPS) is 18.9. The molecule has 1 aromatic heterocycles. The van der Waals surface area contributed by atoms with Crippen LogP contribution in [-0.2, 0) is 17.9 Å². The zero-order chi connectivity index (χ0) is 15.9. The molecule has 2 heterocycles. The summed E-state index contributed by atoms with van der Waals surface area (Å²) in [5.41, 5.74) is 2.54. The van der Waals surface area contributed by atoms with Crippen molar-refractivity contribution in [2.24, 2.45) is 0 Å². The Morgan fingerprint density at radius 2 is 2.09 bits per heavy atom. The highest BCUT2D eigenvalue weighted by molar-refractivity contribution is 7.98. The van der Waals surface area contributed by atoms with Gasteiger partial charge in [0, 0.05) is 30.4 Å². The van der Waals surface area contributed by atoms with Crippen LogP contribution >= 0.6 is 11.8 Å². The molecule has 0 aliphatic carbocycles. The third-order valence-electron chi connectivity index (χ3n) is 4.24. The molecule has 0 radical (unpaired) electrons. The largest absolute Gasteiger partial charge is 0.372 e. The second kappa shape index (κ2) is 8.48. The van der Waals surface area contributed by atoms with Crippen LogP contribution in [0.3, 0.4) is 0 Å². The van der Waals surface area contributed by atoms with Gasteiger partial charge in [0.05, 0.1) is 12.7 Å². The Hall–Kier alpha value is -1.36. The Balaban J connectivity index is 1.49. The summed E-state index contributed by atoms with van der Waals surface area (Å²) in [6.45, 7) is 3.86. The zero-order valence-corrected chi connectivity index (χ0v) is 14.5. The van der Waals surface area contributed by atoms with Crippen LogP contribution in [0.15, 0.2) is 53.7 Å². The summed E-state index contributed by atoms with van der Waals surface area (Å²) >= 11 is 1.79. The van der Waals surface area contributed by atoms with Crippen molar-refractivity contribution in [3.8, 4) is 0 Å². The number of benzene rings is 1. The van der Waals surface area contributed by atoms with E-state index in [2.05, 4.69) is 46.5 Å². The van der Waals surface area contributed by atoms with Crippen LogP contribution in [0.4, 0.5) is 0 Å². The highest BCUT2D eigenvalue weighted by Crippen LogP contribution is 2.19. The number of aromatic nitrogens is 1. The minimum Gasteiger partial charge on any atom is -0.372 e. The van der Waals surface area contributed by atoms with Crippen LogP contribution < -0.4 is 0 Å². The highest BCUT2D eigenvalue weighted by Gasteiger charge is 2.20. The fraction of sp³-hybridized carbons (Fsp3) is 0.421. The minimum absolute atomic E-state index is 0.328. The fourth-order valence-corrected chi connectivity index (χ4v) is 3.39. The van der Waals surface area contributed by atoms with Crippen LogP contribution in [-0.4, -0.2) is 35.3 Å². The number of nitrogens with zero attached hydrogens (tertiary/aromatic N) is 2. The average molecular weight is 328 g/mol. The average Bonchev–Trinajstić information content (AvgIpc) is 2.62. The first kappa shape index (κ1) is 16.5. The molecular weight excluding hydrogens is 304 g/mol. The van der Waals surface area contributed by atoms with Crippen LogP contribution in [0.1, 0.15) is 24.0 Å². The summed E-state index contributed by atoms with van der Waals surface area (Å²) in [5, 5.41) is 0. The molecule has 2 aromatic rings.